The average molecular weight is 341 g/mol. The Hall–Kier alpha value is -1.79. The van der Waals surface area contributed by atoms with Gasteiger partial charge in [0.25, 0.3) is 5.91 Å². The molecule has 1 N–H and O–H groups in total. The van der Waals surface area contributed by atoms with Crippen molar-refractivity contribution >= 4 is 40.9 Å². The van der Waals surface area contributed by atoms with Gasteiger partial charge in [0, 0.05) is 12.6 Å². The van der Waals surface area contributed by atoms with Crippen LogP contribution in [0.25, 0.3) is 6.08 Å². The first-order valence-electron chi connectivity index (χ1n) is 6.77. The number of nitrogens with zero attached hydrogens (tertiary/aromatic N) is 1. The van der Waals surface area contributed by atoms with E-state index in [0.717, 1.165) is 6.42 Å². The average Bonchev–Trinajstić information content (AvgIpc) is 2.76. The van der Waals surface area contributed by atoms with Gasteiger partial charge in [-0.15, -0.1) is 0 Å². The summed E-state index contributed by atoms with van der Waals surface area (Å²) < 4.78 is 10.4. The molecule has 0 aliphatic carbocycles. The van der Waals surface area contributed by atoms with Crippen molar-refractivity contribution in [3.8, 4) is 11.5 Å². The summed E-state index contributed by atoms with van der Waals surface area (Å²) in [5.41, 5.74) is 1.05. The van der Waals surface area contributed by atoms with Gasteiger partial charge < -0.3 is 14.8 Å². The molecule has 0 atom stereocenters. The monoisotopic (exact) mass is 340 g/mol. The summed E-state index contributed by atoms with van der Waals surface area (Å²) in [5, 5.41) is 3.79. The van der Waals surface area contributed by atoms with E-state index in [-0.39, 0.29) is 5.91 Å². The van der Waals surface area contributed by atoms with E-state index in [1.807, 2.05) is 6.92 Å². The van der Waals surface area contributed by atoms with Crippen LogP contribution >= 0.6 is 23.8 Å². The van der Waals surface area contributed by atoms with Crippen molar-refractivity contribution in [3.05, 3.63) is 28.4 Å². The molecule has 5 nitrogen and oxygen atoms in total. The van der Waals surface area contributed by atoms with E-state index in [1.54, 1.807) is 25.3 Å². The molecule has 2 rings (SSSR count). The van der Waals surface area contributed by atoms with Crippen LogP contribution in [0.3, 0.4) is 0 Å². The molecule has 1 aliphatic heterocycles. The highest BCUT2D eigenvalue weighted by atomic mass is 35.5. The molecule has 1 aliphatic rings. The lowest BCUT2D eigenvalue weighted by Gasteiger charge is -2.11. The normalized spacial score (nSPS) is 16.2. The molecule has 7 heteroatoms. The van der Waals surface area contributed by atoms with Crippen molar-refractivity contribution in [1.29, 1.82) is 0 Å². The summed E-state index contributed by atoms with van der Waals surface area (Å²) in [6.07, 6.45) is 2.49. The topological polar surface area (TPSA) is 50.8 Å². The van der Waals surface area contributed by atoms with E-state index < -0.39 is 0 Å². The molecule has 0 radical (unpaired) electrons. The first kappa shape index (κ1) is 16.6. The quantitative estimate of drug-likeness (QED) is 0.660. The van der Waals surface area contributed by atoms with Gasteiger partial charge in [-0.05, 0) is 36.3 Å². The second-order valence-electron chi connectivity index (χ2n) is 4.67. The molecule has 0 aromatic heterocycles. The second kappa shape index (κ2) is 6.98. The molecule has 0 saturated carbocycles. The van der Waals surface area contributed by atoms with E-state index in [1.165, 1.54) is 12.0 Å². The zero-order valence-corrected chi connectivity index (χ0v) is 14.2. The van der Waals surface area contributed by atoms with Crippen LogP contribution in [0, 0.1) is 0 Å². The molecule has 0 unspecified atom stereocenters. The molecule has 1 aromatic carbocycles. The Labute approximate surface area is 139 Å². The van der Waals surface area contributed by atoms with E-state index in [4.69, 9.17) is 33.3 Å². The maximum absolute atomic E-state index is 12.3. The highest BCUT2D eigenvalue weighted by molar-refractivity contribution is 7.80. The summed E-state index contributed by atoms with van der Waals surface area (Å²) in [6, 6.07) is 3.36. The number of hydrogen-bond acceptors (Lipinski definition) is 4. The van der Waals surface area contributed by atoms with Crippen molar-refractivity contribution in [2.75, 3.05) is 20.8 Å². The van der Waals surface area contributed by atoms with Crippen LogP contribution in [0.2, 0.25) is 5.02 Å². The summed E-state index contributed by atoms with van der Waals surface area (Å²) in [4.78, 5) is 13.8. The number of carbonyl (C=O) groups is 1. The Morgan fingerprint density at radius 3 is 2.55 bits per heavy atom. The lowest BCUT2D eigenvalue weighted by atomic mass is 10.1. The number of halogens is 1. The largest absolute Gasteiger partial charge is 0.493 e. The number of methoxy groups -OCH3 is 2. The third kappa shape index (κ3) is 3.18. The molecule has 118 valence electrons. The van der Waals surface area contributed by atoms with Crippen LogP contribution in [0.15, 0.2) is 17.8 Å². The van der Waals surface area contributed by atoms with Crippen LogP contribution in [0.5, 0.6) is 11.5 Å². The van der Waals surface area contributed by atoms with Crippen molar-refractivity contribution in [3.63, 3.8) is 0 Å². The van der Waals surface area contributed by atoms with Gasteiger partial charge in [0.1, 0.15) is 5.70 Å². The van der Waals surface area contributed by atoms with E-state index >= 15 is 0 Å². The Kier molecular flexibility index (Phi) is 5.26. The van der Waals surface area contributed by atoms with Gasteiger partial charge in [-0.2, -0.15) is 0 Å². The van der Waals surface area contributed by atoms with Gasteiger partial charge in [0.05, 0.1) is 19.2 Å². The van der Waals surface area contributed by atoms with E-state index in [0.29, 0.717) is 39.4 Å². The highest BCUT2D eigenvalue weighted by Crippen LogP contribution is 2.34. The summed E-state index contributed by atoms with van der Waals surface area (Å²) in [7, 11) is 3.08. The smallest absolute Gasteiger partial charge is 0.276 e. The Bertz CT molecular complexity index is 646. The number of rotatable bonds is 5. The number of ether oxygens (including phenoxy) is 2. The molecule has 0 bridgehead atoms. The van der Waals surface area contributed by atoms with Crippen molar-refractivity contribution in [1.82, 2.24) is 10.2 Å². The molecular formula is C15H17ClN2O3S. The lowest BCUT2D eigenvalue weighted by Crippen LogP contribution is -2.31. The zero-order chi connectivity index (χ0) is 16.3. The number of carbonyl (C=O) groups excluding carboxylic acids is 1. The van der Waals surface area contributed by atoms with Crippen LogP contribution < -0.4 is 14.8 Å². The van der Waals surface area contributed by atoms with Gasteiger partial charge in [0.15, 0.2) is 16.6 Å². The SMILES string of the molecule is CCCN1C(=O)/C(=C\c2cc(OC)c(OC)cc2Cl)NC1=S. The molecule has 0 spiro atoms. The first-order valence-corrected chi connectivity index (χ1v) is 7.56. The van der Waals surface area contributed by atoms with Crippen molar-refractivity contribution in [2.45, 2.75) is 13.3 Å². The summed E-state index contributed by atoms with van der Waals surface area (Å²) in [6.45, 7) is 2.57. The van der Waals surface area contributed by atoms with Gasteiger partial charge >= 0.3 is 0 Å². The number of amides is 1. The van der Waals surface area contributed by atoms with Gasteiger partial charge in [-0.25, -0.2) is 0 Å². The predicted octanol–water partition coefficient (Wildman–Crippen LogP) is 2.82. The molecular weight excluding hydrogens is 324 g/mol. The highest BCUT2D eigenvalue weighted by Gasteiger charge is 2.29. The van der Waals surface area contributed by atoms with Crippen molar-refractivity contribution in [2.24, 2.45) is 0 Å². The van der Waals surface area contributed by atoms with Gasteiger partial charge in [0.2, 0.25) is 0 Å². The second-order valence-corrected chi connectivity index (χ2v) is 5.47. The fraction of sp³-hybridized carbons (Fsp3) is 0.333. The number of benzene rings is 1. The van der Waals surface area contributed by atoms with E-state index in [2.05, 4.69) is 5.32 Å². The molecule has 1 amide bonds. The summed E-state index contributed by atoms with van der Waals surface area (Å²) >= 11 is 11.4. The maximum Gasteiger partial charge on any atom is 0.276 e. The molecule has 22 heavy (non-hydrogen) atoms. The number of thiocarbonyl (C=S) groups is 1. The fourth-order valence-electron chi connectivity index (χ4n) is 2.13. The van der Waals surface area contributed by atoms with Crippen molar-refractivity contribution < 1.29 is 14.3 Å². The molecule has 1 saturated heterocycles. The third-order valence-electron chi connectivity index (χ3n) is 3.21. The lowest BCUT2D eigenvalue weighted by molar-refractivity contribution is -0.122. The third-order valence-corrected chi connectivity index (χ3v) is 3.86. The van der Waals surface area contributed by atoms with Crippen LogP contribution in [-0.2, 0) is 4.79 Å². The van der Waals surface area contributed by atoms with E-state index in [9.17, 15) is 4.79 Å². The zero-order valence-electron chi connectivity index (χ0n) is 12.6. The minimum atomic E-state index is -0.155. The first-order chi connectivity index (χ1) is 10.5. The van der Waals surface area contributed by atoms with Crippen LogP contribution in [-0.4, -0.2) is 36.7 Å². The van der Waals surface area contributed by atoms with Gasteiger partial charge in [-0.1, -0.05) is 18.5 Å². The standard InChI is InChI=1S/C15H17ClN2O3S/c1-4-5-18-14(19)11(17-15(18)22)6-9-7-12(20-2)13(21-3)8-10(9)16/h6-8H,4-5H2,1-3H3,(H,17,22)/b11-6+. The number of hydrogen-bond donors (Lipinski definition) is 1. The Morgan fingerprint density at radius 1 is 1.32 bits per heavy atom. The molecule has 1 fully saturated rings. The van der Waals surface area contributed by atoms with Crippen LogP contribution in [0.1, 0.15) is 18.9 Å². The number of nitrogens with one attached hydrogen (secondary N) is 1. The molecule has 1 aromatic rings. The van der Waals surface area contributed by atoms with Gasteiger partial charge in [-0.3, -0.25) is 9.69 Å². The minimum absolute atomic E-state index is 0.155. The molecule has 1 heterocycles. The Balaban J connectivity index is 2.37. The fourth-order valence-corrected chi connectivity index (χ4v) is 2.63. The minimum Gasteiger partial charge on any atom is -0.493 e. The van der Waals surface area contributed by atoms with Crippen LogP contribution in [0.4, 0.5) is 0 Å². The Morgan fingerprint density at radius 2 is 1.95 bits per heavy atom. The summed E-state index contributed by atoms with van der Waals surface area (Å²) in [5.74, 6) is 0.915. The maximum atomic E-state index is 12.3. The predicted molar refractivity (Wildman–Crippen MR) is 90.3 cm³/mol.